The SMILES string of the molecule is CC(OC(=O)c1ccccc1I)C(=O)NC(N)=O. The number of rotatable bonds is 3. The molecule has 1 unspecified atom stereocenters. The van der Waals surface area contributed by atoms with Gasteiger partial charge in [0.25, 0.3) is 5.91 Å². The quantitative estimate of drug-likeness (QED) is 0.620. The molecule has 0 saturated heterocycles. The number of carbonyl (C=O) groups is 3. The zero-order valence-electron chi connectivity index (χ0n) is 9.48. The molecule has 7 heteroatoms. The minimum absolute atomic E-state index is 0.358. The summed E-state index contributed by atoms with van der Waals surface area (Å²) in [6.45, 7) is 1.35. The minimum Gasteiger partial charge on any atom is -0.449 e. The maximum absolute atomic E-state index is 11.7. The van der Waals surface area contributed by atoms with Crippen LogP contribution < -0.4 is 11.1 Å². The summed E-state index contributed by atoms with van der Waals surface area (Å²) in [5.41, 5.74) is 5.14. The third-order valence-electron chi connectivity index (χ3n) is 1.99. The van der Waals surface area contributed by atoms with Crippen molar-refractivity contribution in [2.24, 2.45) is 5.73 Å². The lowest BCUT2D eigenvalue weighted by Crippen LogP contribution is -2.42. The Balaban J connectivity index is 2.68. The van der Waals surface area contributed by atoms with Crippen LogP contribution in [-0.2, 0) is 9.53 Å². The lowest BCUT2D eigenvalue weighted by Gasteiger charge is -2.12. The van der Waals surface area contributed by atoms with Gasteiger partial charge in [0.05, 0.1) is 5.56 Å². The van der Waals surface area contributed by atoms with Crippen LogP contribution in [0, 0.1) is 3.57 Å². The molecule has 0 aliphatic carbocycles. The van der Waals surface area contributed by atoms with Gasteiger partial charge < -0.3 is 10.5 Å². The molecule has 0 aliphatic heterocycles. The molecule has 1 rings (SSSR count). The second-order valence-corrected chi connectivity index (χ2v) is 4.54. The van der Waals surface area contributed by atoms with Crippen LogP contribution in [0.3, 0.4) is 0 Å². The third-order valence-corrected chi connectivity index (χ3v) is 2.93. The van der Waals surface area contributed by atoms with E-state index in [0.29, 0.717) is 9.13 Å². The van der Waals surface area contributed by atoms with Crippen LogP contribution in [0.1, 0.15) is 17.3 Å². The zero-order valence-corrected chi connectivity index (χ0v) is 11.6. The average molecular weight is 362 g/mol. The van der Waals surface area contributed by atoms with Crippen LogP contribution >= 0.6 is 22.6 Å². The molecule has 0 saturated carbocycles. The standard InChI is InChI=1S/C11H11IN2O4/c1-6(9(15)14-11(13)17)18-10(16)7-4-2-3-5-8(7)12/h2-6H,1H3,(H3,13,14,15,17). The largest absolute Gasteiger partial charge is 0.449 e. The molecule has 3 N–H and O–H groups in total. The van der Waals surface area contributed by atoms with Crippen molar-refractivity contribution in [3.05, 3.63) is 33.4 Å². The second-order valence-electron chi connectivity index (χ2n) is 3.38. The molecule has 0 heterocycles. The van der Waals surface area contributed by atoms with E-state index in [0.717, 1.165) is 0 Å². The summed E-state index contributed by atoms with van der Waals surface area (Å²) in [5.74, 6) is -1.39. The van der Waals surface area contributed by atoms with Gasteiger partial charge in [0.15, 0.2) is 6.10 Å². The average Bonchev–Trinajstić information content (AvgIpc) is 2.28. The van der Waals surface area contributed by atoms with Gasteiger partial charge in [0, 0.05) is 3.57 Å². The van der Waals surface area contributed by atoms with Crippen LogP contribution in [0.25, 0.3) is 0 Å². The molecule has 0 bridgehead atoms. The first-order valence-electron chi connectivity index (χ1n) is 4.97. The normalized spacial score (nSPS) is 11.4. The summed E-state index contributed by atoms with van der Waals surface area (Å²) in [5, 5.41) is 1.83. The lowest BCUT2D eigenvalue weighted by atomic mass is 10.2. The Bertz CT molecular complexity index is 490. The molecule has 0 spiro atoms. The highest BCUT2D eigenvalue weighted by atomic mass is 127. The monoisotopic (exact) mass is 362 g/mol. The number of esters is 1. The first-order valence-corrected chi connectivity index (χ1v) is 6.05. The molecule has 0 aromatic heterocycles. The van der Waals surface area contributed by atoms with Gasteiger partial charge >= 0.3 is 12.0 Å². The molecule has 0 aliphatic rings. The molecule has 1 atom stereocenters. The van der Waals surface area contributed by atoms with Gasteiger partial charge in [-0.3, -0.25) is 10.1 Å². The Kier molecular flexibility index (Phi) is 5.08. The van der Waals surface area contributed by atoms with E-state index in [2.05, 4.69) is 0 Å². The molecule has 1 aromatic rings. The van der Waals surface area contributed by atoms with Crippen molar-refractivity contribution in [1.29, 1.82) is 0 Å². The molecule has 96 valence electrons. The van der Waals surface area contributed by atoms with Gasteiger partial charge in [-0.1, -0.05) is 12.1 Å². The van der Waals surface area contributed by atoms with Crippen molar-refractivity contribution < 1.29 is 19.1 Å². The number of nitrogens with two attached hydrogens (primary N) is 1. The summed E-state index contributed by atoms with van der Waals surface area (Å²) in [6.07, 6.45) is -1.10. The van der Waals surface area contributed by atoms with E-state index in [9.17, 15) is 14.4 Å². The Labute approximate surface area is 117 Å². The topological polar surface area (TPSA) is 98.5 Å². The van der Waals surface area contributed by atoms with E-state index in [1.807, 2.05) is 27.9 Å². The number of nitrogens with one attached hydrogen (secondary N) is 1. The lowest BCUT2D eigenvalue weighted by molar-refractivity contribution is -0.127. The molecular weight excluding hydrogens is 351 g/mol. The van der Waals surface area contributed by atoms with Crippen LogP contribution in [0.2, 0.25) is 0 Å². The highest BCUT2D eigenvalue weighted by Gasteiger charge is 2.20. The number of hydrogen-bond donors (Lipinski definition) is 2. The number of primary amides is 1. The predicted molar refractivity (Wildman–Crippen MR) is 71.8 cm³/mol. The van der Waals surface area contributed by atoms with E-state index in [4.69, 9.17) is 10.5 Å². The van der Waals surface area contributed by atoms with Gasteiger partial charge in [-0.2, -0.15) is 0 Å². The van der Waals surface area contributed by atoms with Crippen LogP contribution in [0.4, 0.5) is 4.79 Å². The van der Waals surface area contributed by atoms with Crippen molar-refractivity contribution in [3.63, 3.8) is 0 Å². The number of halogens is 1. The maximum Gasteiger partial charge on any atom is 0.339 e. The van der Waals surface area contributed by atoms with Gasteiger partial charge in [0.2, 0.25) is 0 Å². The molecule has 0 fully saturated rings. The first kappa shape index (κ1) is 14.4. The van der Waals surface area contributed by atoms with E-state index in [1.54, 1.807) is 24.3 Å². The van der Waals surface area contributed by atoms with Gasteiger partial charge in [0.1, 0.15) is 0 Å². The van der Waals surface area contributed by atoms with Crippen LogP contribution in [0.5, 0.6) is 0 Å². The molecular formula is C11H11IN2O4. The summed E-state index contributed by atoms with van der Waals surface area (Å²) < 4.78 is 5.63. The smallest absolute Gasteiger partial charge is 0.339 e. The number of imide groups is 1. The molecule has 18 heavy (non-hydrogen) atoms. The number of hydrogen-bond acceptors (Lipinski definition) is 4. The van der Waals surface area contributed by atoms with Crippen molar-refractivity contribution in [2.75, 3.05) is 0 Å². The van der Waals surface area contributed by atoms with E-state index >= 15 is 0 Å². The summed E-state index contributed by atoms with van der Waals surface area (Å²) in [7, 11) is 0. The van der Waals surface area contributed by atoms with Crippen molar-refractivity contribution in [1.82, 2.24) is 5.32 Å². The van der Waals surface area contributed by atoms with Crippen molar-refractivity contribution in [3.8, 4) is 0 Å². The predicted octanol–water partition coefficient (Wildman–Crippen LogP) is 1.03. The van der Waals surface area contributed by atoms with Gasteiger partial charge in [-0.15, -0.1) is 0 Å². The van der Waals surface area contributed by atoms with Gasteiger partial charge in [-0.25, -0.2) is 9.59 Å². The summed E-state index contributed by atoms with van der Waals surface area (Å²) in [4.78, 5) is 33.5. The highest BCUT2D eigenvalue weighted by molar-refractivity contribution is 14.1. The number of benzene rings is 1. The summed E-state index contributed by atoms with van der Waals surface area (Å²) in [6, 6.07) is 5.81. The van der Waals surface area contributed by atoms with Crippen LogP contribution in [0.15, 0.2) is 24.3 Å². The third kappa shape index (κ3) is 3.99. The maximum atomic E-state index is 11.7. The fourth-order valence-corrected chi connectivity index (χ4v) is 1.73. The van der Waals surface area contributed by atoms with E-state index in [-0.39, 0.29) is 0 Å². The number of amides is 3. The molecule has 1 aromatic carbocycles. The summed E-state index contributed by atoms with van der Waals surface area (Å²) >= 11 is 1.98. The molecule has 6 nitrogen and oxygen atoms in total. The van der Waals surface area contributed by atoms with Gasteiger partial charge in [-0.05, 0) is 41.6 Å². The minimum atomic E-state index is -1.10. The highest BCUT2D eigenvalue weighted by Crippen LogP contribution is 2.13. The van der Waals surface area contributed by atoms with E-state index < -0.39 is 24.0 Å². The van der Waals surface area contributed by atoms with Crippen LogP contribution in [-0.4, -0.2) is 24.0 Å². The van der Waals surface area contributed by atoms with Crippen molar-refractivity contribution >= 4 is 40.5 Å². The second kappa shape index (κ2) is 6.34. The fraction of sp³-hybridized carbons (Fsp3) is 0.182. The first-order chi connectivity index (χ1) is 8.41. The van der Waals surface area contributed by atoms with Crippen molar-refractivity contribution in [2.45, 2.75) is 13.0 Å². The van der Waals surface area contributed by atoms with E-state index in [1.165, 1.54) is 6.92 Å². The number of carbonyl (C=O) groups excluding carboxylic acids is 3. The Morgan fingerprint density at radius 1 is 1.33 bits per heavy atom. The molecule has 0 radical (unpaired) electrons. The Morgan fingerprint density at radius 2 is 1.94 bits per heavy atom. The Hall–Kier alpha value is -1.64. The number of ether oxygens (including phenoxy) is 1. The number of urea groups is 1. The zero-order chi connectivity index (χ0) is 13.7. The fourth-order valence-electron chi connectivity index (χ4n) is 1.13. The Morgan fingerprint density at radius 3 is 2.50 bits per heavy atom. The molecule has 3 amide bonds.